The molecule has 0 fully saturated rings. The SMILES string of the molecule is Cc1cccc(N=Cc2ccn(C)c2)c1. The van der Waals surface area contributed by atoms with Crippen LogP contribution in [0.1, 0.15) is 11.1 Å². The summed E-state index contributed by atoms with van der Waals surface area (Å²) in [5.41, 5.74) is 3.36. The summed E-state index contributed by atoms with van der Waals surface area (Å²) in [5.74, 6) is 0. The number of hydrogen-bond acceptors (Lipinski definition) is 1. The van der Waals surface area contributed by atoms with Gasteiger partial charge in [-0.15, -0.1) is 0 Å². The predicted molar refractivity (Wildman–Crippen MR) is 63.8 cm³/mol. The molecule has 0 unspecified atom stereocenters. The van der Waals surface area contributed by atoms with Crippen molar-refractivity contribution < 1.29 is 0 Å². The minimum absolute atomic E-state index is 0.999. The molecule has 0 bridgehead atoms. The van der Waals surface area contributed by atoms with Crippen molar-refractivity contribution in [2.75, 3.05) is 0 Å². The Hall–Kier alpha value is -1.83. The predicted octanol–water partition coefficient (Wildman–Crippen LogP) is 3.08. The highest BCUT2D eigenvalue weighted by atomic mass is 14.9. The van der Waals surface area contributed by atoms with E-state index in [0.29, 0.717) is 0 Å². The van der Waals surface area contributed by atoms with E-state index in [-0.39, 0.29) is 0 Å². The van der Waals surface area contributed by atoms with Crippen molar-refractivity contribution in [1.29, 1.82) is 0 Å². The first-order chi connectivity index (χ1) is 7.24. The Morgan fingerprint density at radius 2 is 2.13 bits per heavy atom. The van der Waals surface area contributed by atoms with Crippen LogP contribution in [0.4, 0.5) is 5.69 Å². The first-order valence-corrected chi connectivity index (χ1v) is 4.97. The molecule has 2 rings (SSSR count). The van der Waals surface area contributed by atoms with Gasteiger partial charge in [0, 0.05) is 31.2 Å². The highest BCUT2D eigenvalue weighted by Gasteiger charge is 1.91. The number of aryl methyl sites for hydroxylation is 2. The normalized spacial score (nSPS) is 11.1. The van der Waals surface area contributed by atoms with Gasteiger partial charge in [0.1, 0.15) is 0 Å². The van der Waals surface area contributed by atoms with Crippen LogP contribution >= 0.6 is 0 Å². The summed E-state index contributed by atoms with van der Waals surface area (Å²) in [6.07, 6.45) is 5.94. The van der Waals surface area contributed by atoms with Crippen LogP contribution < -0.4 is 0 Å². The zero-order valence-electron chi connectivity index (χ0n) is 9.01. The van der Waals surface area contributed by atoms with Gasteiger partial charge in [0.25, 0.3) is 0 Å². The van der Waals surface area contributed by atoms with Gasteiger partial charge < -0.3 is 4.57 Å². The number of aliphatic imine (C=N–C) groups is 1. The van der Waals surface area contributed by atoms with Crippen LogP contribution in [-0.2, 0) is 7.05 Å². The van der Waals surface area contributed by atoms with Gasteiger partial charge in [0.15, 0.2) is 0 Å². The lowest BCUT2D eigenvalue weighted by Crippen LogP contribution is -1.80. The van der Waals surface area contributed by atoms with E-state index in [4.69, 9.17) is 0 Å². The Labute approximate surface area is 89.9 Å². The van der Waals surface area contributed by atoms with E-state index in [0.717, 1.165) is 11.3 Å². The standard InChI is InChI=1S/C13H14N2/c1-11-4-3-5-13(8-11)14-9-12-6-7-15(2)10-12/h3-10H,1-2H3. The molecule has 1 aromatic carbocycles. The molecule has 15 heavy (non-hydrogen) atoms. The second-order valence-electron chi connectivity index (χ2n) is 3.71. The second kappa shape index (κ2) is 4.13. The lowest BCUT2D eigenvalue weighted by atomic mass is 10.2. The Balaban J connectivity index is 2.18. The summed E-state index contributed by atoms with van der Waals surface area (Å²) in [6.45, 7) is 2.07. The van der Waals surface area contributed by atoms with Crippen molar-refractivity contribution in [1.82, 2.24) is 4.57 Å². The van der Waals surface area contributed by atoms with Gasteiger partial charge >= 0.3 is 0 Å². The molecule has 0 amide bonds. The lowest BCUT2D eigenvalue weighted by Gasteiger charge is -1.94. The molecule has 0 saturated heterocycles. The van der Waals surface area contributed by atoms with Crippen LogP contribution in [-0.4, -0.2) is 10.8 Å². The van der Waals surface area contributed by atoms with Gasteiger partial charge in [-0.1, -0.05) is 12.1 Å². The van der Waals surface area contributed by atoms with Crippen molar-refractivity contribution in [2.45, 2.75) is 6.92 Å². The monoisotopic (exact) mass is 198 g/mol. The maximum Gasteiger partial charge on any atom is 0.0632 e. The summed E-state index contributed by atoms with van der Waals surface area (Å²) in [6, 6.07) is 10.2. The number of aromatic nitrogens is 1. The third kappa shape index (κ3) is 2.56. The maximum absolute atomic E-state index is 4.41. The summed E-state index contributed by atoms with van der Waals surface area (Å²) in [4.78, 5) is 4.41. The van der Waals surface area contributed by atoms with Crippen molar-refractivity contribution in [2.24, 2.45) is 12.0 Å². The first-order valence-electron chi connectivity index (χ1n) is 4.97. The molecule has 0 radical (unpaired) electrons. The topological polar surface area (TPSA) is 17.3 Å². The second-order valence-corrected chi connectivity index (χ2v) is 3.71. The molecule has 0 spiro atoms. The van der Waals surface area contributed by atoms with Crippen molar-refractivity contribution in [3.63, 3.8) is 0 Å². The number of hydrogen-bond donors (Lipinski definition) is 0. The molecular weight excluding hydrogens is 184 g/mol. The molecular formula is C13H14N2. The van der Waals surface area contributed by atoms with Gasteiger partial charge in [-0.2, -0.15) is 0 Å². The van der Waals surface area contributed by atoms with E-state index < -0.39 is 0 Å². The van der Waals surface area contributed by atoms with E-state index in [1.165, 1.54) is 5.56 Å². The molecule has 1 aromatic heterocycles. The third-order valence-corrected chi connectivity index (χ3v) is 2.22. The zero-order chi connectivity index (χ0) is 10.7. The lowest BCUT2D eigenvalue weighted by molar-refractivity contribution is 0.927. The Kier molecular flexibility index (Phi) is 2.68. The average molecular weight is 198 g/mol. The van der Waals surface area contributed by atoms with Crippen molar-refractivity contribution in [3.05, 3.63) is 53.9 Å². The Morgan fingerprint density at radius 3 is 2.80 bits per heavy atom. The van der Waals surface area contributed by atoms with Crippen molar-refractivity contribution >= 4 is 11.9 Å². The largest absolute Gasteiger partial charge is 0.357 e. The van der Waals surface area contributed by atoms with E-state index in [1.54, 1.807) is 0 Å². The number of benzene rings is 1. The van der Waals surface area contributed by atoms with Gasteiger partial charge in [-0.05, 0) is 30.7 Å². The number of rotatable bonds is 2. The highest BCUT2D eigenvalue weighted by Crippen LogP contribution is 2.13. The zero-order valence-corrected chi connectivity index (χ0v) is 9.01. The molecule has 0 aliphatic heterocycles. The Morgan fingerprint density at radius 1 is 1.27 bits per heavy atom. The Bertz CT molecular complexity index is 481. The molecule has 0 N–H and O–H groups in total. The minimum Gasteiger partial charge on any atom is -0.357 e. The molecule has 0 saturated carbocycles. The molecule has 1 heterocycles. The quantitative estimate of drug-likeness (QED) is 0.660. The van der Waals surface area contributed by atoms with Crippen LogP contribution in [0.3, 0.4) is 0 Å². The molecule has 0 atom stereocenters. The van der Waals surface area contributed by atoms with Crippen LogP contribution in [0.5, 0.6) is 0 Å². The van der Waals surface area contributed by atoms with Crippen LogP contribution in [0.25, 0.3) is 0 Å². The van der Waals surface area contributed by atoms with E-state index in [1.807, 2.05) is 48.4 Å². The van der Waals surface area contributed by atoms with Gasteiger partial charge in [-0.3, -0.25) is 4.99 Å². The molecule has 2 nitrogen and oxygen atoms in total. The van der Waals surface area contributed by atoms with Crippen molar-refractivity contribution in [3.8, 4) is 0 Å². The minimum atomic E-state index is 0.999. The highest BCUT2D eigenvalue weighted by molar-refractivity contribution is 5.81. The first kappa shape index (κ1) is 9.71. The summed E-state index contributed by atoms with van der Waals surface area (Å²) in [7, 11) is 2.00. The number of nitrogens with zero attached hydrogens (tertiary/aromatic N) is 2. The summed E-state index contributed by atoms with van der Waals surface area (Å²) in [5, 5.41) is 0. The van der Waals surface area contributed by atoms with Crippen LogP contribution in [0, 0.1) is 6.92 Å². The summed E-state index contributed by atoms with van der Waals surface area (Å²) >= 11 is 0. The third-order valence-electron chi connectivity index (χ3n) is 2.22. The van der Waals surface area contributed by atoms with Gasteiger partial charge in [-0.25, -0.2) is 0 Å². The molecule has 76 valence electrons. The molecule has 2 heteroatoms. The van der Waals surface area contributed by atoms with E-state index >= 15 is 0 Å². The molecule has 0 aliphatic carbocycles. The fraction of sp³-hybridized carbons (Fsp3) is 0.154. The van der Waals surface area contributed by atoms with Crippen LogP contribution in [0.15, 0.2) is 47.7 Å². The molecule has 2 aromatic rings. The fourth-order valence-corrected chi connectivity index (χ4v) is 1.46. The van der Waals surface area contributed by atoms with Gasteiger partial charge in [0.05, 0.1) is 5.69 Å². The summed E-state index contributed by atoms with van der Waals surface area (Å²) < 4.78 is 2.01. The fourth-order valence-electron chi connectivity index (χ4n) is 1.46. The van der Waals surface area contributed by atoms with E-state index in [9.17, 15) is 0 Å². The van der Waals surface area contributed by atoms with Gasteiger partial charge in [0.2, 0.25) is 0 Å². The van der Waals surface area contributed by atoms with Crippen LogP contribution in [0.2, 0.25) is 0 Å². The maximum atomic E-state index is 4.41. The van der Waals surface area contributed by atoms with E-state index in [2.05, 4.69) is 24.0 Å². The average Bonchev–Trinajstić information content (AvgIpc) is 2.62. The molecule has 0 aliphatic rings. The smallest absolute Gasteiger partial charge is 0.0632 e.